The lowest BCUT2D eigenvalue weighted by Gasteiger charge is -2.13. The smallest absolute Gasteiger partial charge is 0.174 e. The Hall–Kier alpha value is -1.78. The minimum atomic E-state index is 0.788. The molecular weight excluding hydrogens is 354 g/mol. The molecule has 1 aliphatic rings. The molecule has 0 atom stereocenters. The molecule has 4 heteroatoms. The van der Waals surface area contributed by atoms with Gasteiger partial charge in [-0.2, -0.15) is 0 Å². The molecule has 0 saturated carbocycles. The first-order valence-electron chi connectivity index (χ1n) is 10.3. The molecule has 3 aromatic rings. The van der Waals surface area contributed by atoms with Gasteiger partial charge < -0.3 is 9.15 Å². The van der Waals surface area contributed by atoms with Gasteiger partial charge in [-0.1, -0.05) is 31.5 Å². The molecule has 3 nitrogen and oxygen atoms in total. The van der Waals surface area contributed by atoms with Gasteiger partial charge in [0, 0.05) is 35.2 Å². The van der Waals surface area contributed by atoms with Gasteiger partial charge in [-0.3, -0.25) is 4.90 Å². The number of hydrogen-bond acceptors (Lipinski definition) is 4. The van der Waals surface area contributed by atoms with Crippen LogP contribution in [0.2, 0.25) is 0 Å². The molecule has 1 aromatic carbocycles. The van der Waals surface area contributed by atoms with Crippen molar-refractivity contribution in [1.29, 1.82) is 0 Å². The summed E-state index contributed by atoms with van der Waals surface area (Å²) in [4.78, 5) is 3.84. The number of aryl methyl sites for hydroxylation is 1. The van der Waals surface area contributed by atoms with E-state index in [-0.39, 0.29) is 0 Å². The highest BCUT2D eigenvalue weighted by Gasteiger charge is 2.15. The van der Waals surface area contributed by atoms with Gasteiger partial charge in [0.25, 0.3) is 0 Å². The number of thiophene rings is 1. The van der Waals surface area contributed by atoms with Crippen LogP contribution in [0.25, 0.3) is 11.0 Å². The number of likely N-dealkylation sites (tertiary alicyclic amines) is 1. The lowest BCUT2D eigenvalue weighted by atomic mass is 10.0. The highest BCUT2D eigenvalue weighted by molar-refractivity contribution is 7.13. The van der Waals surface area contributed by atoms with Crippen LogP contribution in [0.5, 0.6) is 5.06 Å². The van der Waals surface area contributed by atoms with Crippen molar-refractivity contribution in [3.8, 4) is 5.06 Å². The van der Waals surface area contributed by atoms with Gasteiger partial charge in [-0.25, -0.2) is 0 Å². The molecule has 27 heavy (non-hydrogen) atoms. The summed E-state index contributed by atoms with van der Waals surface area (Å²) in [6.45, 7) is 6.52. The third kappa shape index (κ3) is 4.56. The van der Waals surface area contributed by atoms with Crippen LogP contribution in [0.1, 0.15) is 48.8 Å². The molecule has 1 fully saturated rings. The third-order valence-electron chi connectivity index (χ3n) is 5.38. The largest absolute Gasteiger partial charge is 0.483 e. The second-order valence-electron chi connectivity index (χ2n) is 7.40. The minimum Gasteiger partial charge on any atom is -0.483 e. The van der Waals surface area contributed by atoms with Crippen molar-refractivity contribution in [1.82, 2.24) is 4.90 Å². The molecule has 144 valence electrons. The maximum Gasteiger partial charge on any atom is 0.174 e. The minimum absolute atomic E-state index is 0.788. The Balaban J connectivity index is 1.43. The second-order valence-corrected chi connectivity index (χ2v) is 8.53. The Kier molecular flexibility index (Phi) is 6.15. The lowest BCUT2D eigenvalue weighted by Crippen LogP contribution is -2.24. The summed E-state index contributed by atoms with van der Waals surface area (Å²) < 4.78 is 12.2. The average molecular weight is 384 g/mol. The van der Waals surface area contributed by atoms with E-state index in [0.29, 0.717) is 0 Å². The normalized spacial score (nSPS) is 15.0. The number of ether oxygens (including phenoxy) is 1. The predicted molar refractivity (Wildman–Crippen MR) is 113 cm³/mol. The number of hydrogen-bond donors (Lipinski definition) is 0. The van der Waals surface area contributed by atoms with E-state index in [0.717, 1.165) is 42.4 Å². The van der Waals surface area contributed by atoms with Gasteiger partial charge in [0.05, 0.1) is 0 Å². The molecule has 0 amide bonds. The highest BCUT2D eigenvalue weighted by atomic mass is 32.1. The van der Waals surface area contributed by atoms with Crippen LogP contribution >= 0.6 is 11.3 Å². The molecule has 2 aromatic heterocycles. The van der Waals surface area contributed by atoms with E-state index in [9.17, 15) is 0 Å². The number of rotatable bonds is 9. The standard InChI is InChI=1S/C23H29NO2S/c1-2-3-9-22-20(19-8-4-5-10-21(19)26-22)17-18-11-12-23(27-18)25-16-15-24-13-6-7-14-24/h4-5,8,10-12H,2-3,6-7,9,13-17H2,1H3. The molecular formula is C23H29NO2S. The van der Waals surface area contributed by atoms with Gasteiger partial charge >= 0.3 is 0 Å². The van der Waals surface area contributed by atoms with Gasteiger partial charge in [-0.05, 0) is 50.6 Å². The maximum atomic E-state index is 6.17. The Morgan fingerprint density at radius 3 is 2.81 bits per heavy atom. The van der Waals surface area contributed by atoms with Crippen molar-refractivity contribution >= 4 is 22.3 Å². The zero-order valence-electron chi connectivity index (χ0n) is 16.2. The maximum absolute atomic E-state index is 6.17. The van der Waals surface area contributed by atoms with Crippen molar-refractivity contribution in [3.63, 3.8) is 0 Å². The first kappa shape index (κ1) is 18.6. The number of para-hydroxylation sites is 1. The molecule has 0 bridgehead atoms. The van der Waals surface area contributed by atoms with E-state index in [1.165, 1.54) is 54.6 Å². The Morgan fingerprint density at radius 2 is 1.96 bits per heavy atom. The summed E-state index contributed by atoms with van der Waals surface area (Å²) in [5, 5.41) is 2.29. The van der Waals surface area contributed by atoms with E-state index < -0.39 is 0 Å². The molecule has 0 spiro atoms. The monoisotopic (exact) mass is 383 g/mol. The van der Waals surface area contributed by atoms with Crippen LogP contribution in [0.15, 0.2) is 40.8 Å². The van der Waals surface area contributed by atoms with Crippen molar-refractivity contribution in [2.45, 2.75) is 45.4 Å². The van der Waals surface area contributed by atoms with Gasteiger partial charge in [0.15, 0.2) is 5.06 Å². The number of unbranched alkanes of at least 4 members (excludes halogenated alkanes) is 1. The molecule has 0 radical (unpaired) electrons. The predicted octanol–water partition coefficient (Wildman–Crippen LogP) is 5.90. The lowest BCUT2D eigenvalue weighted by molar-refractivity contribution is 0.242. The molecule has 0 aliphatic carbocycles. The van der Waals surface area contributed by atoms with Crippen LogP contribution in [-0.2, 0) is 12.8 Å². The SMILES string of the molecule is CCCCc1oc2ccccc2c1Cc1ccc(OCCN2CCCC2)s1. The summed E-state index contributed by atoms with van der Waals surface area (Å²) in [5.74, 6) is 1.16. The topological polar surface area (TPSA) is 25.6 Å². The van der Waals surface area contributed by atoms with Gasteiger partial charge in [0.1, 0.15) is 18.0 Å². The van der Waals surface area contributed by atoms with E-state index in [4.69, 9.17) is 9.15 Å². The second kappa shape index (κ2) is 8.94. The Labute approximate surface area is 165 Å². The summed E-state index contributed by atoms with van der Waals surface area (Å²) in [6, 6.07) is 12.8. The molecule has 3 heterocycles. The summed E-state index contributed by atoms with van der Waals surface area (Å²) in [6.07, 6.45) is 6.97. The molecule has 1 saturated heterocycles. The van der Waals surface area contributed by atoms with Crippen LogP contribution in [0.4, 0.5) is 0 Å². The quantitative estimate of drug-likeness (QED) is 0.460. The summed E-state index contributed by atoms with van der Waals surface area (Å²) in [5.41, 5.74) is 2.36. The van der Waals surface area contributed by atoms with Gasteiger partial charge in [0.2, 0.25) is 0 Å². The number of furan rings is 1. The molecule has 0 unspecified atom stereocenters. The van der Waals surface area contributed by atoms with E-state index in [2.05, 4.69) is 48.2 Å². The first-order valence-corrected chi connectivity index (χ1v) is 11.1. The van der Waals surface area contributed by atoms with E-state index in [1.54, 1.807) is 11.3 Å². The Bertz CT molecular complexity index is 860. The fourth-order valence-electron chi connectivity index (χ4n) is 3.87. The highest BCUT2D eigenvalue weighted by Crippen LogP contribution is 2.33. The van der Waals surface area contributed by atoms with E-state index in [1.807, 2.05) is 0 Å². The molecule has 4 rings (SSSR count). The van der Waals surface area contributed by atoms with Crippen molar-refractivity contribution in [3.05, 3.63) is 52.6 Å². The fraction of sp³-hybridized carbons (Fsp3) is 0.478. The van der Waals surface area contributed by atoms with Crippen LogP contribution in [0, 0.1) is 0 Å². The van der Waals surface area contributed by atoms with Gasteiger partial charge in [-0.15, -0.1) is 11.3 Å². The Morgan fingerprint density at radius 1 is 1.11 bits per heavy atom. The fourth-order valence-corrected chi connectivity index (χ4v) is 4.76. The average Bonchev–Trinajstić information content (AvgIpc) is 3.42. The zero-order chi connectivity index (χ0) is 18.5. The third-order valence-corrected chi connectivity index (χ3v) is 6.38. The van der Waals surface area contributed by atoms with Crippen molar-refractivity contribution in [2.75, 3.05) is 26.2 Å². The number of benzene rings is 1. The molecule has 1 aliphatic heterocycles. The van der Waals surface area contributed by atoms with Crippen LogP contribution in [-0.4, -0.2) is 31.1 Å². The summed E-state index contributed by atoms with van der Waals surface area (Å²) >= 11 is 1.77. The van der Waals surface area contributed by atoms with Crippen LogP contribution in [0.3, 0.4) is 0 Å². The summed E-state index contributed by atoms with van der Waals surface area (Å²) in [7, 11) is 0. The van der Waals surface area contributed by atoms with E-state index >= 15 is 0 Å². The zero-order valence-corrected chi connectivity index (χ0v) is 17.0. The van der Waals surface area contributed by atoms with Crippen molar-refractivity contribution < 1.29 is 9.15 Å². The number of fused-ring (bicyclic) bond motifs is 1. The number of nitrogens with zero attached hydrogens (tertiary/aromatic N) is 1. The first-order chi connectivity index (χ1) is 13.3. The molecule has 0 N–H and O–H groups in total. The van der Waals surface area contributed by atoms with Crippen LogP contribution < -0.4 is 4.74 Å². The van der Waals surface area contributed by atoms with Crippen molar-refractivity contribution in [2.24, 2.45) is 0 Å².